The summed E-state index contributed by atoms with van der Waals surface area (Å²) in [6.45, 7) is 4.05. The van der Waals surface area contributed by atoms with E-state index in [1.165, 1.54) is 31.0 Å². The van der Waals surface area contributed by atoms with Crippen molar-refractivity contribution in [2.45, 2.75) is 32.6 Å². The number of anilines is 1. The molecule has 0 unspecified atom stereocenters. The van der Waals surface area contributed by atoms with E-state index in [4.69, 9.17) is 12.2 Å². The largest absolute Gasteiger partial charge is 0.372 e. The van der Waals surface area contributed by atoms with Gasteiger partial charge in [-0.3, -0.25) is 14.6 Å². The average Bonchev–Trinajstić information content (AvgIpc) is 2.66. The van der Waals surface area contributed by atoms with Crippen LogP contribution in [0.1, 0.15) is 37.4 Å². The van der Waals surface area contributed by atoms with Gasteiger partial charge in [-0.1, -0.05) is 12.1 Å². The minimum atomic E-state index is -0.338. The molecule has 0 spiro atoms. The molecule has 3 N–H and O–H groups in total. The topological polar surface area (TPSA) is 93.3 Å². The molecule has 0 radical (unpaired) electrons. The van der Waals surface area contributed by atoms with E-state index in [0.29, 0.717) is 11.4 Å². The summed E-state index contributed by atoms with van der Waals surface area (Å²) in [5.41, 5.74) is 5.51. The molecule has 0 atom stereocenters. The van der Waals surface area contributed by atoms with Crippen LogP contribution in [0.4, 0.5) is 5.69 Å². The van der Waals surface area contributed by atoms with Gasteiger partial charge in [-0.25, -0.2) is 5.43 Å². The van der Waals surface area contributed by atoms with Gasteiger partial charge in [0.1, 0.15) is 0 Å². The highest BCUT2D eigenvalue weighted by atomic mass is 32.1. The van der Waals surface area contributed by atoms with E-state index < -0.39 is 0 Å². The van der Waals surface area contributed by atoms with E-state index in [2.05, 4.69) is 37.5 Å². The zero-order valence-corrected chi connectivity index (χ0v) is 16.1. The molecule has 1 aromatic heterocycles. The van der Waals surface area contributed by atoms with Crippen molar-refractivity contribution in [3.05, 3.63) is 56.7 Å². The first-order valence-corrected chi connectivity index (χ1v) is 9.43. The van der Waals surface area contributed by atoms with Gasteiger partial charge in [-0.05, 0) is 56.1 Å². The summed E-state index contributed by atoms with van der Waals surface area (Å²) < 4.78 is 0.193. The van der Waals surface area contributed by atoms with Gasteiger partial charge in [0.15, 0.2) is 4.77 Å². The molecule has 0 saturated carbocycles. The number of hydrazone groups is 1. The van der Waals surface area contributed by atoms with Crippen molar-refractivity contribution in [2.24, 2.45) is 5.10 Å². The number of H-pyrrole nitrogens is 2. The minimum Gasteiger partial charge on any atom is -0.372 e. The van der Waals surface area contributed by atoms with Crippen LogP contribution in [0.25, 0.3) is 0 Å². The molecule has 1 fully saturated rings. The quantitative estimate of drug-likeness (QED) is 0.419. The number of hydrogen-bond acceptors (Lipinski definition) is 5. The molecule has 2 aromatic rings. The smallest absolute Gasteiger partial charge is 0.251 e. The Morgan fingerprint density at radius 1 is 1.19 bits per heavy atom. The third-order valence-corrected chi connectivity index (χ3v) is 4.73. The zero-order valence-electron chi connectivity index (χ0n) is 15.2. The molecular formula is C19H23N5O2S. The Kier molecular flexibility index (Phi) is 6.18. The number of nitrogens with one attached hydrogen (secondary N) is 3. The summed E-state index contributed by atoms with van der Waals surface area (Å²) in [5, 5.41) is 4.16. The molecule has 8 heteroatoms. The van der Waals surface area contributed by atoms with Crippen molar-refractivity contribution in [2.75, 3.05) is 18.0 Å². The van der Waals surface area contributed by atoms with Crippen molar-refractivity contribution in [3.63, 3.8) is 0 Å². The van der Waals surface area contributed by atoms with Crippen LogP contribution >= 0.6 is 12.2 Å². The van der Waals surface area contributed by atoms with Crippen LogP contribution in [-0.4, -0.2) is 34.7 Å². The van der Waals surface area contributed by atoms with E-state index in [-0.39, 0.29) is 22.7 Å². The lowest BCUT2D eigenvalue weighted by Gasteiger charge is -2.28. The Bertz CT molecular complexity index is 911. The number of carbonyl (C=O) groups excluding carboxylic acids is 1. The highest BCUT2D eigenvalue weighted by Crippen LogP contribution is 2.20. The number of carbonyl (C=O) groups is 1. The van der Waals surface area contributed by atoms with E-state index >= 15 is 0 Å². The Balaban J connectivity index is 1.60. The van der Waals surface area contributed by atoms with Gasteiger partial charge in [0.2, 0.25) is 5.91 Å². The number of piperidine rings is 1. The first-order chi connectivity index (χ1) is 13.0. The fourth-order valence-electron chi connectivity index (χ4n) is 3.10. The first-order valence-electron chi connectivity index (χ1n) is 9.02. The van der Waals surface area contributed by atoms with Crippen molar-refractivity contribution < 1.29 is 4.79 Å². The van der Waals surface area contributed by atoms with Gasteiger partial charge in [-0.15, -0.1) is 0 Å². The van der Waals surface area contributed by atoms with E-state index in [1.54, 1.807) is 0 Å². The standard InChI is InChI=1S/C19H23N5O2S/c1-13(14-5-7-16(8-6-14)24-9-3-2-4-10-24)22-23-18(26)12-15-11-17(25)21-19(27)20-15/h5-8,11H,2-4,9-10,12H2,1H3,(H,23,26)(H2,20,21,25,27)/b22-13-. The second-order valence-electron chi connectivity index (χ2n) is 6.62. The summed E-state index contributed by atoms with van der Waals surface area (Å²) in [4.78, 5) is 31.0. The van der Waals surface area contributed by atoms with E-state index in [1.807, 2.05) is 19.1 Å². The molecule has 27 heavy (non-hydrogen) atoms. The maximum atomic E-state index is 12.0. The molecule has 1 aliphatic heterocycles. The summed E-state index contributed by atoms with van der Waals surface area (Å²) in [6, 6.07) is 9.53. The van der Waals surface area contributed by atoms with Crippen LogP contribution in [0, 0.1) is 4.77 Å². The van der Waals surface area contributed by atoms with Gasteiger partial charge in [0.25, 0.3) is 5.56 Å². The van der Waals surface area contributed by atoms with Gasteiger partial charge < -0.3 is 9.88 Å². The predicted octanol–water partition coefficient (Wildman–Crippen LogP) is 2.51. The fraction of sp³-hybridized carbons (Fsp3) is 0.368. The van der Waals surface area contributed by atoms with Crippen molar-refractivity contribution in [3.8, 4) is 0 Å². The van der Waals surface area contributed by atoms with Crippen LogP contribution in [0.3, 0.4) is 0 Å². The second kappa shape index (κ2) is 8.77. The van der Waals surface area contributed by atoms with Gasteiger partial charge in [0, 0.05) is 30.5 Å². The number of aromatic nitrogens is 2. The van der Waals surface area contributed by atoms with Gasteiger partial charge >= 0.3 is 0 Å². The maximum Gasteiger partial charge on any atom is 0.251 e. The molecule has 1 saturated heterocycles. The number of hydrogen-bond donors (Lipinski definition) is 3. The molecule has 142 valence electrons. The number of amides is 1. The summed E-state index contributed by atoms with van der Waals surface area (Å²) in [6.07, 6.45) is 3.79. The molecule has 1 aliphatic rings. The Labute approximate surface area is 162 Å². The third-order valence-electron chi connectivity index (χ3n) is 4.52. The highest BCUT2D eigenvalue weighted by Gasteiger charge is 2.11. The Morgan fingerprint density at radius 2 is 1.89 bits per heavy atom. The van der Waals surface area contributed by atoms with Crippen LogP contribution in [0.15, 0.2) is 40.2 Å². The molecular weight excluding hydrogens is 362 g/mol. The minimum absolute atomic E-state index is 0.00175. The van der Waals surface area contributed by atoms with Crippen LogP contribution in [0.2, 0.25) is 0 Å². The van der Waals surface area contributed by atoms with Crippen molar-refractivity contribution in [1.29, 1.82) is 0 Å². The molecule has 1 aromatic carbocycles. The predicted molar refractivity (Wildman–Crippen MR) is 109 cm³/mol. The van der Waals surface area contributed by atoms with Crippen LogP contribution < -0.4 is 15.9 Å². The van der Waals surface area contributed by atoms with Crippen LogP contribution in [-0.2, 0) is 11.2 Å². The maximum absolute atomic E-state index is 12.0. The monoisotopic (exact) mass is 385 g/mol. The number of aromatic amines is 2. The number of nitrogens with zero attached hydrogens (tertiary/aromatic N) is 2. The normalized spacial score (nSPS) is 14.9. The molecule has 0 aliphatic carbocycles. The number of benzene rings is 1. The molecule has 0 bridgehead atoms. The number of rotatable bonds is 5. The van der Waals surface area contributed by atoms with E-state index in [0.717, 1.165) is 18.7 Å². The Hall–Kier alpha value is -2.74. The summed E-state index contributed by atoms with van der Waals surface area (Å²) in [5.74, 6) is -0.324. The average molecular weight is 385 g/mol. The lowest BCUT2D eigenvalue weighted by molar-refractivity contribution is -0.120. The molecule has 3 rings (SSSR count). The SMILES string of the molecule is C/C(=N/NC(=O)Cc1cc(=O)[nH]c(=S)[nH]1)c1ccc(N2CCCCC2)cc1. The summed E-state index contributed by atoms with van der Waals surface area (Å²) in [7, 11) is 0. The lowest BCUT2D eigenvalue weighted by Crippen LogP contribution is -2.29. The molecule has 7 nitrogen and oxygen atoms in total. The van der Waals surface area contributed by atoms with Gasteiger partial charge in [0.05, 0.1) is 12.1 Å². The van der Waals surface area contributed by atoms with Crippen molar-refractivity contribution in [1.82, 2.24) is 15.4 Å². The van der Waals surface area contributed by atoms with E-state index in [9.17, 15) is 9.59 Å². The molecule has 2 heterocycles. The fourth-order valence-corrected chi connectivity index (χ4v) is 3.34. The van der Waals surface area contributed by atoms with Gasteiger partial charge in [-0.2, -0.15) is 5.10 Å². The van der Waals surface area contributed by atoms with Crippen molar-refractivity contribution >= 4 is 29.5 Å². The first kappa shape index (κ1) is 19.0. The Morgan fingerprint density at radius 3 is 2.56 bits per heavy atom. The lowest BCUT2D eigenvalue weighted by atomic mass is 10.1. The second-order valence-corrected chi connectivity index (χ2v) is 7.02. The molecule has 1 amide bonds. The van der Waals surface area contributed by atoms with Crippen LogP contribution in [0.5, 0.6) is 0 Å². The zero-order chi connectivity index (χ0) is 19.2. The highest BCUT2D eigenvalue weighted by molar-refractivity contribution is 7.71. The summed E-state index contributed by atoms with van der Waals surface area (Å²) >= 11 is 4.89. The third kappa shape index (κ3) is 5.37.